The van der Waals surface area contributed by atoms with Crippen LogP contribution in [0.3, 0.4) is 0 Å². The lowest BCUT2D eigenvalue weighted by Crippen LogP contribution is -2.48. The minimum Gasteiger partial charge on any atom is -0.319 e. The average Bonchev–Trinajstić information content (AvgIpc) is 2.92. The summed E-state index contributed by atoms with van der Waals surface area (Å²) in [5, 5.41) is 4.18. The second-order valence-electron chi connectivity index (χ2n) is 4.64. The summed E-state index contributed by atoms with van der Waals surface area (Å²) in [6.07, 6.45) is 4.36. The lowest BCUT2D eigenvalue weighted by Gasteiger charge is -2.21. The molecule has 1 aliphatic rings. The van der Waals surface area contributed by atoms with Crippen molar-refractivity contribution in [1.82, 2.24) is 9.78 Å². The van der Waals surface area contributed by atoms with Gasteiger partial charge in [0, 0.05) is 13.2 Å². The molecule has 1 saturated carbocycles. The van der Waals surface area contributed by atoms with Crippen LogP contribution >= 0.6 is 0 Å². The van der Waals surface area contributed by atoms with Gasteiger partial charge in [0.15, 0.2) is 5.78 Å². The van der Waals surface area contributed by atoms with Gasteiger partial charge < -0.3 is 5.73 Å². The Bertz CT molecular complexity index is 377. The average molecular weight is 207 g/mol. The molecular formula is C11H17N3O. The molecule has 0 saturated heterocycles. The van der Waals surface area contributed by atoms with E-state index in [-0.39, 0.29) is 5.78 Å². The number of carbonyl (C=O) groups is 1. The number of hydrogen-bond acceptors (Lipinski definition) is 3. The number of nitrogens with zero attached hydrogens (tertiary/aromatic N) is 2. The minimum absolute atomic E-state index is 0.101. The number of ketones is 1. The molecule has 0 spiro atoms. The Morgan fingerprint density at radius 3 is 2.87 bits per heavy atom. The molecule has 0 radical (unpaired) electrons. The van der Waals surface area contributed by atoms with E-state index < -0.39 is 5.54 Å². The maximum atomic E-state index is 12.0. The van der Waals surface area contributed by atoms with Gasteiger partial charge in [0.05, 0.1) is 17.7 Å². The molecule has 15 heavy (non-hydrogen) atoms. The summed E-state index contributed by atoms with van der Waals surface area (Å²) in [7, 11) is 1.84. The number of carbonyl (C=O) groups excluding carboxylic acids is 1. The minimum atomic E-state index is -0.655. The topological polar surface area (TPSA) is 60.9 Å². The summed E-state index contributed by atoms with van der Waals surface area (Å²) in [5.74, 6) is 0.484. The van der Waals surface area contributed by atoms with E-state index in [4.69, 9.17) is 5.73 Å². The van der Waals surface area contributed by atoms with Crippen molar-refractivity contribution in [1.29, 1.82) is 0 Å². The molecule has 1 heterocycles. The molecule has 4 nitrogen and oxygen atoms in total. The van der Waals surface area contributed by atoms with Crippen molar-refractivity contribution in [2.45, 2.75) is 31.7 Å². The number of nitrogens with two attached hydrogens (primary N) is 1. The summed E-state index contributed by atoms with van der Waals surface area (Å²) in [6.45, 7) is 1.84. The van der Waals surface area contributed by atoms with E-state index in [1.807, 2.05) is 26.2 Å². The maximum absolute atomic E-state index is 12.0. The highest BCUT2D eigenvalue weighted by Gasteiger charge is 2.43. The van der Waals surface area contributed by atoms with Gasteiger partial charge in [-0.15, -0.1) is 0 Å². The third kappa shape index (κ3) is 2.09. The Morgan fingerprint density at radius 2 is 2.40 bits per heavy atom. The molecule has 1 aromatic rings. The standard InChI is InChI=1S/C11H17N3O/c1-11(12,8-3-4-8)10(15)7-9-5-6-14(2)13-9/h5-6,8H,3-4,7,12H2,1-2H3. The van der Waals surface area contributed by atoms with Gasteiger partial charge in [0.25, 0.3) is 0 Å². The summed E-state index contributed by atoms with van der Waals surface area (Å²) in [4.78, 5) is 12.0. The van der Waals surface area contributed by atoms with Crippen LogP contribution in [0.15, 0.2) is 12.3 Å². The van der Waals surface area contributed by atoms with Crippen molar-refractivity contribution >= 4 is 5.78 Å². The molecule has 1 unspecified atom stereocenters. The van der Waals surface area contributed by atoms with Gasteiger partial charge in [-0.05, 0) is 31.7 Å². The summed E-state index contributed by atoms with van der Waals surface area (Å²) < 4.78 is 1.70. The lowest BCUT2D eigenvalue weighted by molar-refractivity contribution is -0.123. The highest BCUT2D eigenvalue weighted by Crippen LogP contribution is 2.38. The molecule has 0 aromatic carbocycles. The van der Waals surface area contributed by atoms with Crippen LogP contribution in [-0.2, 0) is 18.3 Å². The number of aryl methyl sites for hydroxylation is 1. The summed E-state index contributed by atoms with van der Waals surface area (Å²) in [5.41, 5.74) is 6.19. The number of aromatic nitrogens is 2. The number of rotatable bonds is 4. The Morgan fingerprint density at radius 1 is 1.73 bits per heavy atom. The third-order valence-electron chi connectivity index (χ3n) is 3.14. The molecule has 1 aromatic heterocycles. The van der Waals surface area contributed by atoms with Gasteiger partial charge in [-0.3, -0.25) is 9.48 Å². The SMILES string of the molecule is Cn1ccc(CC(=O)C(C)(N)C2CC2)n1. The first-order valence-corrected chi connectivity index (χ1v) is 5.31. The normalized spacial score (nSPS) is 19.9. The zero-order valence-electron chi connectivity index (χ0n) is 9.23. The molecule has 1 fully saturated rings. The highest BCUT2D eigenvalue weighted by molar-refractivity contribution is 5.90. The van der Waals surface area contributed by atoms with Gasteiger partial charge >= 0.3 is 0 Å². The van der Waals surface area contributed by atoms with Crippen LogP contribution in [0.2, 0.25) is 0 Å². The maximum Gasteiger partial charge on any atom is 0.158 e. The van der Waals surface area contributed by atoms with E-state index in [2.05, 4.69) is 5.10 Å². The molecule has 1 aliphatic carbocycles. The molecule has 0 aliphatic heterocycles. The van der Waals surface area contributed by atoms with E-state index in [1.54, 1.807) is 4.68 Å². The van der Waals surface area contributed by atoms with Crippen molar-refractivity contribution in [3.05, 3.63) is 18.0 Å². The molecule has 0 bridgehead atoms. The molecular weight excluding hydrogens is 190 g/mol. The van der Waals surface area contributed by atoms with Crippen LogP contribution in [0.4, 0.5) is 0 Å². The van der Waals surface area contributed by atoms with Crippen molar-refractivity contribution in [3.63, 3.8) is 0 Å². The van der Waals surface area contributed by atoms with Gasteiger partial charge in [-0.25, -0.2) is 0 Å². The predicted octanol–water partition coefficient (Wildman–Crippen LogP) is 0.659. The Balaban J connectivity index is 2.03. The van der Waals surface area contributed by atoms with Crippen LogP contribution in [0.5, 0.6) is 0 Å². The Hall–Kier alpha value is -1.16. The van der Waals surface area contributed by atoms with Gasteiger partial charge in [-0.1, -0.05) is 0 Å². The first-order chi connectivity index (χ1) is 7.00. The van der Waals surface area contributed by atoms with Crippen LogP contribution < -0.4 is 5.73 Å². The van der Waals surface area contributed by atoms with Crippen LogP contribution in [-0.4, -0.2) is 21.1 Å². The smallest absolute Gasteiger partial charge is 0.158 e. The van der Waals surface area contributed by atoms with E-state index in [1.165, 1.54) is 0 Å². The summed E-state index contributed by atoms with van der Waals surface area (Å²) in [6, 6.07) is 1.86. The van der Waals surface area contributed by atoms with E-state index >= 15 is 0 Å². The summed E-state index contributed by atoms with van der Waals surface area (Å²) >= 11 is 0. The zero-order chi connectivity index (χ0) is 11.1. The lowest BCUT2D eigenvalue weighted by atomic mass is 9.89. The predicted molar refractivity (Wildman–Crippen MR) is 57.2 cm³/mol. The quantitative estimate of drug-likeness (QED) is 0.789. The molecule has 2 rings (SSSR count). The second-order valence-corrected chi connectivity index (χ2v) is 4.64. The van der Waals surface area contributed by atoms with Crippen molar-refractivity contribution in [3.8, 4) is 0 Å². The molecule has 1 atom stereocenters. The molecule has 4 heteroatoms. The number of Topliss-reactive ketones (excluding diaryl/α,β-unsaturated/α-hetero) is 1. The first-order valence-electron chi connectivity index (χ1n) is 5.31. The van der Waals surface area contributed by atoms with E-state index in [9.17, 15) is 4.79 Å². The highest BCUT2D eigenvalue weighted by atomic mass is 16.1. The van der Waals surface area contributed by atoms with Crippen LogP contribution in [0.1, 0.15) is 25.5 Å². The fourth-order valence-corrected chi connectivity index (χ4v) is 1.82. The zero-order valence-corrected chi connectivity index (χ0v) is 9.23. The molecule has 0 amide bonds. The third-order valence-corrected chi connectivity index (χ3v) is 3.14. The van der Waals surface area contributed by atoms with E-state index in [0.29, 0.717) is 12.3 Å². The van der Waals surface area contributed by atoms with Crippen molar-refractivity contribution in [2.24, 2.45) is 18.7 Å². The fraction of sp³-hybridized carbons (Fsp3) is 0.636. The molecule has 82 valence electrons. The van der Waals surface area contributed by atoms with Crippen LogP contribution in [0.25, 0.3) is 0 Å². The molecule has 2 N–H and O–H groups in total. The van der Waals surface area contributed by atoms with Gasteiger partial charge in [0.2, 0.25) is 0 Å². The van der Waals surface area contributed by atoms with Crippen molar-refractivity contribution < 1.29 is 4.79 Å². The Labute approximate surface area is 89.5 Å². The second kappa shape index (κ2) is 3.45. The van der Waals surface area contributed by atoms with E-state index in [0.717, 1.165) is 18.5 Å². The van der Waals surface area contributed by atoms with Gasteiger partial charge in [-0.2, -0.15) is 5.10 Å². The fourth-order valence-electron chi connectivity index (χ4n) is 1.82. The monoisotopic (exact) mass is 207 g/mol. The first kappa shape index (κ1) is 10.4. The van der Waals surface area contributed by atoms with Crippen molar-refractivity contribution in [2.75, 3.05) is 0 Å². The van der Waals surface area contributed by atoms with Gasteiger partial charge in [0.1, 0.15) is 0 Å². The number of hydrogen-bond donors (Lipinski definition) is 1. The van der Waals surface area contributed by atoms with Crippen LogP contribution in [0, 0.1) is 5.92 Å². The Kier molecular flexibility index (Phi) is 2.38. The largest absolute Gasteiger partial charge is 0.319 e.